The number of nitrogens with zero attached hydrogens (tertiary/aromatic N) is 5. The summed E-state index contributed by atoms with van der Waals surface area (Å²) in [5.41, 5.74) is 0.796. The van der Waals surface area contributed by atoms with Gasteiger partial charge in [0.05, 0.1) is 12.2 Å². The molecule has 21 heavy (non-hydrogen) atoms. The predicted octanol–water partition coefficient (Wildman–Crippen LogP) is 1.39. The number of aryl methyl sites for hydroxylation is 1. The number of likely N-dealkylation sites (N-methyl/N-ethyl adjacent to an activating group) is 1. The third kappa shape index (κ3) is 3.20. The Bertz CT molecular complexity index is 789. The first-order valence-electron chi connectivity index (χ1n) is 6.76. The molecule has 0 aliphatic rings. The molecular weight excluding hydrogens is 286 g/mol. The zero-order valence-electron chi connectivity index (χ0n) is 12.1. The molecule has 0 saturated heterocycles. The van der Waals surface area contributed by atoms with Crippen molar-refractivity contribution in [3.63, 3.8) is 0 Å². The first kappa shape index (κ1) is 14.0. The molecule has 0 unspecified atom stereocenters. The quantitative estimate of drug-likeness (QED) is 0.715. The summed E-state index contributed by atoms with van der Waals surface area (Å²) in [5.74, 6) is 0. The van der Waals surface area contributed by atoms with Gasteiger partial charge < -0.3 is 0 Å². The smallest absolute Gasteiger partial charge is 0.258 e. The van der Waals surface area contributed by atoms with Crippen LogP contribution in [0, 0.1) is 6.92 Å². The van der Waals surface area contributed by atoms with Crippen molar-refractivity contribution in [2.45, 2.75) is 20.0 Å². The predicted molar refractivity (Wildman–Crippen MR) is 82.6 cm³/mol. The molecule has 0 atom stereocenters. The van der Waals surface area contributed by atoms with E-state index in [0.717, 1.165) is 28.6 Å². The minimum atomic E-state index is -0.0140. The van der Waals surface area contributed by atoms with Gasteiger partial charge in [-0.3, -0.25) is 18.8 Å². The van der Waals surface area contributed by atoms with E-state index >= 15 is 0 Å². The number of hydrogen-bond acceptors (Lipinski definition) is 5. The molecule has 110 valence electrons. The Labute approximate surface area is 126 Å². The second-order valence-electron chi connectivity index (χ2n) is 5.09. The maximum absolute atomic E-state index is 12.0. The van der Waals surface area contributed by atoms with E-state index in [1.807, 2.05) is 37.1 Å². The summed E-state index contributed by atoms with van der Waals surface area (Å²) in [6.45, 7) is 4.31. The van der Waals surface area contributed by atoms with Gasteiger partial charge in [0.2, 0.25) is 0 Å². The number of aromatic nitrogens is 4. The van der Waals surface area contributed by atoms with Crippen LogP contribution < -0.4 is 5.56 Å². The normalized spacial score (nSPS) is 11.6. The molecule has 3 aromatic rings. The highest BCUT2D eigenvalue weighted by molar-refractivity contribution is 7.16. The molecule has 0 aliphatic carbocycles. The molecule has 0 saturated carbocycles. The standard InChI is InChI=1S/C14H17N5OS/c1-11-9-19-13(20)8-12(16-14(19)21-11)10-17(2)6-7-18-5-3-4-15-18/h3-5,8-9H,6-7,10H2,1-2H3. The molecule has 0 aromatic carbocycles. The molecule has 0 radical (unpaired) electrons. The van der Waals surface area contributed by atoms with Crippen LogP contribution >= 0.6 is 11.3 Å². The average molecular weight is 303 g/mol. The molecule has 6 nitrogen and oxygen atoms in total. The summed E-state index contributed by atoms with van der Waals surface area (Å²) >= 11 is 1.54. The molecule has 0 bridgehead atoms. The summed E-state index contributed by atoms with van der Waals surface area (Å²) < 4.78 is 3.50. The van der Waals surface area contributed by atoms with E-state index < -0.39 is 0 Å². The Morgan fingerprint density at radius 1 is 1.43 bits per heavy atom. The average Bonchev–Trinajstić information content (AvgIpc) is 3.05. The third-order valence-corrected chi connectivity index (χ3v) is 4.14. The fourth-order valence-corrected chi connectivity index (χ4v) is 3.05. The SMILES string of the molecule is Cc1cn2c(=O)cc(CN(C)CCn3cccn3)nc2s1. The van der Waals surface area contributed by atoms with Crippen LogP contribution in [-0.2, 0) is 13.1 Å². The van der Waals surface area contributed by atoms with Crippen molar-refractivity contribution in [2.24, 2.45) is 0 Å². The van der Waals surface area contributed by atoms with E-state index in [0.29, 0.717) is 6.54 Å². The second-order valence-corrected chi connectivity index (χ2v) is 6.30. The van der Waals surface area contributed by atoms with Crippen LogP contribution in [-0.4, -0.2) is 37.7 Å². The Morgan fingerprint density at radius 2 is 2.29 bits per heavy atom. The van der Waals surface area contributed by atoms with Crippen molar-refractivity contribution >= 4 is 16.3 Å². The van der Waals surface area contributed by atoms with Crippen LogP contribution in [0.5, 0.6) is 0 Å². The molecule has 7 heteroatoms. The molecule has 3 rings (SSSR count). The first-order valence-corrected chi connectivity index (χ1v) is 7.58. The van der Waals surface area contributed by atoms with Gasteiger partial charge in [-0.05, 0) is 20.0 Å². The van der Waals surface area contributed by atoms with Crippen LogP contribution in [0.4, 0.5) is 0 Å². The molecular formula is C14H17N5OS. The van der Waals surface area contributed by atoms with Crippen molar-refractivity contribution in [1.82, 2.24) is 24.1 Å². The Morgan fingerprint density at radius 3 is 3.05 bits per heavy atom. The molecule has 0 aliphatic heterocycles. The minimum absolute atomic E-state index is 0.0140. The van der Waals surface area contributed by atoms with Crippen molar-refractivity contribution in [3.05, 3.63) is 51.6 Å². The number of rotatable bonds is 5. The van der Waals surface area contributed by atoms with Gasteiger partial charge in [0.15, 0.2) is 4.96 Å². The summed E-state index contributed by atoms with van der Waals surface area (Å²) in [6, 6.07) is 3.53. The van der Waals surface area contributed by atoms with E-state index in [9.17, 15) is 4.79 Å². The molecule has 3 heterocycles. The lowest BCUT2D eigenvalue weighted by atomic mass is 10.3. The van der Waals surface area contributed by atoms with E-state index in [1.54, 1.807) is 16.7 Å². The van der Waals surface area contributed by atoms with Gasteiger partial charge in [0.25, 0.3) is 5.56 Å². The van der Waals surface area contributed by atoms with Crippen LogP contribution in [0.2, 0.25) is 0 Å². The summed E-state index contributed by atoms with van der Waals surface area (Å²) in [4.78, 5) is 20.6. The number of thiazole rings is 1. The van der Waals surface area contributed by atoms with Crippen molar-refractivity contribution < 1.29 is 0 Å². The van der Waals surface area contributed by atoms with Gasteiger partial charge in [-0.1, -0.05) is 0 Å². The molecule has 0 amide bonds. The highest BCUT2D eigenvalue weighted by Crippen LogP contribution is 2.13. The lowest BCUT2D eigenvalue weighted by Crippen LogP contribution is -2.25. The van der Waals surface area contributed by atoms with Crippen molar-refractivity contribution in [1.29, 1.82) is 0 Å². The van der Waals surface area contributed by atoms with Crippen molar-refractivity contribution in [3.8, 4) is 0 Å². The van der Waals surface area contributed by atoms with Gasteiger partial charge in [0, 0.05) is 42.6 Å². The van der Waals surface area contributed by atoms with Gasteiger partial charge in [-0.15, -0.1) is 11.3 Å². The van der Waals surface area contributed by atoms with Crippen molar-refractivity contribution in [2.75, 3.05) is 13.6 Å². The molecule has 3 aromatic heterocycles. The molecule has 0 spiro atoms. The zero-order chi connectivity index (χ0) is 14.8. The maximum atomic E-state index is 12.0. The van der Waals surface area contributed by atoms with Crippen LogP contribution in [0.3, 0.4) is 0 Å². The fourth-order valence-electron chi connectivity index (χ4n) is 2.20. The summed E-state index contributed by atoms with van der Waals surface area (Å²) in [7, 11) is 2.02. The zero-order valence-corrected chi connectivity index (χ0v) is 12.9. The van der Waals surface area contributed by atoms with E-state index in [1.165, 1.54) is 11.3 Å². The van der Waals surface area contributed by atoms with Gasteiger partial charge in [-0.25, -0.2) is 4.98 Å². The monoisotopic (exact) mass is 303 g/mol. The Hall–Kier alpha value is -1.99. The lowest BCUT2D eigenvalue weighted by molar-refractivity contribution is 0.302. The van der Waals surface area contributed by atoms with Gasteiger partial charge >= 0.3 is 0 Å². The minimum Gasteiger partial charge on any atom is -0.299 e. The van der Waals surface area contributed by atoms with Crippen LogP contribution in [0.15, 0.2) is 35.5 Å². The molecule has 0 N–H and O–H groups in total. The Balaban J connectivity index is 1.70. The second kappa shape index (κ2) is 5.79. The Kier molecular flexibility index (Phi) is 3.85. The van der Waals surface area contributed by atoms with Crippen LogP contribution in [0.1, 0.15) is 10.6 Å². The maximum Gasteiger partial charge on any atom is 0.258 e. The largest absolute Gasteiger partial charge is 0.299 e. The molecule has 0 fully saturated rings. The summed E-state index contributed by atoms with van der Waals surface area (Å²) in [5, 5.41) is 4.18. The van der Waals surface area contributed by atoms with Gasteiger partial charge in [-0.2, -0.15) is 5.10 Å². The topological polar surface area (TPSA) is 55.4 Å². The van der Waals surface area contributed by atoms with Gasteiger partial charge in [0.1, 0.15) is 0 Å². The van der Waals surface area contributed by atoms with E-state index in [4.69, 9.17) is 0 Å². The number of fused-ring (bicyclic) bond motifs is 1. The number of hydrogen-bond donors (Lipinski definition) is 0. The van der Waals surface area contributed by atoms with Crippen LogP contribution in [0.25, 0.3) is 4.96 Å². The highest BCUT2D eigenvalue weighted by Gasteiger charge is 2.07. The summed E-state index contributed by atoms with van der Waals surface area (Å²) in [6.07, 6.45) is 5.55. The fraction of sp³-hybridized carbons (Fsp3) is 0.357. The first-order chi connectivity index (χ1) is 10.1. The highest BCUT2D eigenvalue weighted by atomic mass is 32.1. The third-order valence-electron chi connectivity index (χ3n) is 3.24. The van der Waals surface area contributed by atoms with E-state index in [2.05, 4.69) is 15.0 Å². The van der Waals surface area contributed by atoms with E-state index in [-0.39, 0.29) is 5.56 Å². The lowest BCUT2D eigenvalue weighted by Gasteiger charge is -2.15.